The number of carbonyl (C=O) groups excluding carboxylic acids is 1. The van der Waals surface area contributed by atoms with Gasteiger partial charge in [-0.3, -0.25) is 14.6 Å². The Balaban J connectivity index is 1.41. The maximum absolute atomic E-state index is 13.0. The van der Waals surface area contributed by atoms with Gasteiger partial charge in [-0.05, 0) is 44.3 Å². The number of amides is 1. The summed E-state index contributed by atoms with van der Waals surface area (Å²) in [7, 11) is 3.11. The van der Waals surface area contributed by atoms with E-state index in [1.54, 1.807) is 26.4 Å². The zero-order chi connectivity index (χ0) is 22.5. The van der Waals surface area contributed by atoms with Crippen LogP contribution in [0.15, 0.2) is 42.5 Å². The Bertz CT molecular complexity index is 924. The highest BCUT2D eigenvalue weighted by Crippen LogP contribution is 2.36. The van der Waals surface area contributed by atoms with Crippen LogP contribution in [-0.4, -0.2) is 61.6 Å². The lowest BCUT2D eigenvalue weighted by molar-refractivity contribution is -0.117. The van der Waals surface area contributed by atoms with Crippen molar-refractivity contribution in [2.24, 2.45) is 0 Å². The third kappa shape index (κ3) is 5.20. The van der Waals surface area contributed by atoms with Crippen LogP contribution in [0, 0.1) is 0 Å². The van der Waals surface area contributed by atoms with Crippen molar-refractivity contribution in [1.82, 2.24) is 9.80 Å². The van der Waals surface area contributed by atoms with E-state index in [2.05, 4.69) is 45.4 Å². The van der Waals surface area contributed by atoms with Gasteiger partial charge in [0, 0.05) is 30.8 Å². The molecule has 0 unspecified atom stereocenters. The van der Waals surface area contributed by atoms with Crippen molar-refractivity contribution in [2.45, 2.75) is 44.3 Å². The number of nitrogens with one attached hydrogen (secondary N) is 1. The minimum absolute atomic E-state index is 0.0489. The summed E-state index contributed by atoms with van der Waals surface area (Å²) in [5.74, 6) is 0.975. The van der Waals surface area contributed by atoms with Crippen LogP contribution in [0.5, 0.6) is 11.5 Å². The van der Waals surface area contributed by atoms with E-state index in [0.29, 0.717) is 40.8 Å². The van der Waals surface area contributed by atoms with Gasteiger partial charge in [0.25, 0.3) is 0 Å². The molecule has 2 heterocycles. The van der Waals surface area contributed by atoms with Crippen molar-refractivity contribution in [3.63, 3.8) is 0 Å². The SMILES string of the molecule is COc1cc(NC(=O)CN2CCC[C@@H]2[C@@H]2CCCN2Cc2ccccc2)c(OC)cc1Cl. The molecule has 0 radical (unpaired) electrons. The number of halogens is 1. The van der Waals surface area contributed by atoms with Gasteiger partial charge in [0.15, 0.2) is 0 Å². The van der Waals surface area contributed by atoms with Crippen molar-refractivity contribution >= 4 is 23.2 Å². The first-order valence-corrected chi connectivity index (χ1v) is 11.7. The Kier molecular flexibility index (Phi) is 7.55. The zero-order valence-electron chi connectivity index (χ0n) is 18.9. The predicted molar refractivity (Wildman–Crippen MR) is 128 cm³/mol. The van der Waals surface area contributed by atoms with Gasteiger partial charge in [0.05, 0.1) is 31.5 Å². The van der Waals surface area contributed by atoms with E-state index >= 15 is 0 Å². The second kappa shape index (κ2) is 10.6. The number of anilines is 1. The molecule has 2 fully saturated rings. The molecule has 0 aromatic heterocycles. The Labute approximate surface area is 195 Å². The standard InChI is InChI=1S/C25H32ClN3O3/c1-31-23-15-20(24(32-2)14-19(23)26)27-25(30)17-29-13-7-11-22(29)21-10-6-12-28(21)16-18-8-4-3-5-9-18/h3-5,8-9,14-15,21-22H,6-7,10-13,16-17H2,1-2H3,(H,27,30)/t21-,22+/m0/s1. The van der Waals surface area contributed by atoms with Crippen LogP contribution in [-0.2, 0) is 11.3 Å². The van der Waals surface area contributed by atoms with Crippen LogP contribution in [0.3, 0.4) is 0 Å². The summed E-state index contributed by atoms with van der Waals surface area (Å²) in [6, 6.07) is 14.9. The quantitative estimate of drug-likeness (QED) is 0.635. The minimum Gasteiger partial charge on any atom is -0.495 e. The molecule has 1 amide bonds. The number of benzene rings is 2. The minimum atomic E-state index is -0.0489. The summed E-state index contributed by atoms with van der Waals surface area (Å²) in [5.41, 5.74) is 1.92. The predicted octanol–water partition coefficient (Wildman–Crippen LogP) is 4.42. The number of hydrogen-bond donors (Lipinski definition) is 1. The number of carbonyl (C=O) groups is 1. The van der Waals surface area contributed by atoms with Crippen LogP contribution < -0.4 is 14.8 Å². The lowest BCUT2D eigenvalue weighted by Gasteiger charge is -2.35. The lowest BCUT2D eigenvalue weighted by atomic mass is 10.0. The second-order valence-corrected chi connectivity index (χ2v) is 8.99. The summed E-state index contributed by atoms with van der Waals surface area (Å²) >= 11 is 6.19. The third-order valence-corrected chi connectivity index (χ3v) is 6.89. The van der Waals surface area contributed by atoms with Crippen molar-refractivity contribution < 1.29 is 14.3 Å². The highest BCUT2D eigenvalue weighted by molar-refractivity contribution is 6.32. The maximum atomic E-state index is 13.0. The van der Waals surface area contributed by atoms with E-state index < -0.39 is 0 Å². The summed E-state index contributed by atoms with van der Waals surface area (Å²) in [6.45, 7) is 3.42. The number of hydrogen-bond acceptors (Lipinski definition) is 5. The first kappa shape index (κ1) is 22.9. The summed E-state index contributed by atoms with van der Waals surface area (Å²) in [4.78, 5) is 17.9. The number of nitrogens with zero attached hydrogens (tertiary/aromatic N) is 2. The molecule has 0 bridgehead atoms. The molecular formula is C25H32ClN3O3. The summed E-state index contributed by atoms with van der Waals surface area (Å²) < 4.78 is 10.7. The van der Waals surface area contributed by atoms with Crippen LogP contribution in [0.1, 0.15) is 31.2 Å². The highest BCUT2D eigenvalue weighted by Gasteiger charge is 2.38. The highest BCUT2D eigenvalue weighted by atomic mass is 35.5. The number of likely N-dealkylation sites (tertiary alicyclic amines) is 2. The van der Waals surface area contributed by atoms with E-state index in [1.807, 2.05) is 0 Å². The van der Waals surface area contributed by atoms with Crippen molar-refractivity contribution in [3.05, 3.63) is 53.1 Å². The second-order valence-electron chi connectivity index (χ2n) is 8.58. The van der Waals surface area contributed by atoms with E-state index in [4.69, 9.17) is 21.1 Å². The van der Waals surface area contributed by atoms with Gasteiger partial charge in [-0.1, -0.05) is 41.9 Å². The van der Waals surface area contributed by atoms with E-state index in [-0.39, 0.29) is 5.91 Å². The van der Waals surface area contributed by atoms with Crippen LogP contribution in [0.4, 0.5) is 5.69 Å². The van der Waals surface area contributed by atoms with Gasteiger partial charge in [0.1, 0.15) is 11.5 Å². The third-order valence-electron chi connectivity index (χ3n) is 6.60. The molecule has 2 aromatic rings. The van der Waals surface area contributed by atoms with E-state index in [1.165, 1.54) is 18.4 Å². The van der Waals surface area contributed by atoms with Gasteiger partial charge < -0.3 is 14.8 Å². The van der Waals surface area contributed by atoms with Gasteiger partial charge in [-0.15, -0.1) is 0 Å². The number of rotatable bonds is 8. The molecule has 7 heteroatoms. The molecule has 1 N–H and O–H groups in total. The molecule has 2 saturated heterocycles. The average molecular weight is 458 g/mol. The summed E-state index contributed by atoms with van der Waals surface area (Å²) in [5, 5.41) is 3.44. The summed E-state index contributed by atoms with van der Waals surface area (Å²) in [6.07, 6.45) is 4.68. The molecule has 2 aliphatic heterocycles. The topological polar surface area (TPSA) is 54.0 Å². The first-order valence-electron chi connectivity index (χ1n) is 11.3. The molecule has 2 atom stereocenters. The van der Waals surface area contributed by atoms with Crippen LogP contribution in [0.2, 0.25) is 5.02 Å². The first-order chi connectivity index (χ1) is 15.6. The van der Waals surface area contributed by atoms with Gasteiger partial charge >= 0.3 is 0 Å². The molecule has 2 aromatic carbocycles. The molecule has 0 aliphatic carbocycles. The van der Waals surface area contributed by atoms with E-state index in [9.17, 15) is 4.79 Å². The molecule has 2 aliphatic rings. The molecule has 0 spiro atoms. The fourth-order valence-electron chi connectivity index (χ4n) is 5.12. The molecule has 0 saturated carbocycles. The fourth-order valence-corrected chi connectivity index (χ4v) is 5.35. The number of methoxy groups -OCH3 is 2. The lowest BCUT2D eigenvalue weighted by Crippen LogP contribution is -2.48. The van der Waals surface area contributed by atoms with Crippen molar-refractivity contribution in [3.8, 4) is 11.5 Å². The van der Waals surface area contributed by atoms with Crippen LogP contribution in [0.25, 0.3) is 0 Å². The van der Waals surface area contributed by atoms with Crippen molar-refractivity contribution in [2.75, 3.05) is 39.2 Å². The Morgan fingerprint density at radius 2 is 1.66 bits per heavy atom. The van der Waals surface area contributed by atoms with Gasteiger partial charge in [-0.2, -0.15) is 0 Å². The Morgan fingerprint density at radius 3 is 2.34 bits per heavy atom. The molecule has 172 valence electrons. The zero-order valence-corrected chi connectivity index (χ0v) is 19.6. The van der Waals surface area contributed by atoms with Gasteiger partial charge in [-0.25, -0.2) is 0 Å². The normalized spacial score (nSPS) is 21.6. The fraction of sp³-hybridized carbons (Fsp3) is 0.480. The largest absolute Gasteiger partial charge is 0.495 e. The number of ether oxygens (including phenoxy) is 2. The van der Waals surface area contributed by atoms with Gasteiger partial charge in [0.2, 0.25) is 5.91 Å². The van der Waals surface area contributed by atoms with Crippen LogP contribution >= 0.6 is 11.6 Å². The monoisotopic (exact) mass is 457 g/mol. The molecular weight excluding hydrogens is 426 g/mol. The molecule has 4 rings (SSSR count). The van der Waals surface area contributed by atoms with Crippen molar-refractivity contribution in [1.29, 1.82) is 0 Å². The Morgan fingerprint density at radius 1 is 1.00 bits per heavy atom. The molecule has 6 nitrogen and oxygen atoms in total. The Hall–Kier alpha value is -2.28. The maximum Gasteiger partial charge on any atom is 0.238 e. The average Bonchev–Trinajstić information content (AvgIpc) is 3.44. The smallest absolute Gasteiger partial charge is 0.238 e. The van der Waals surface area contributed by atoms with E-state index in [0.717, 1.165) is 32.5 Å². The molecule has 32 heavy (non-hydrogen) atoms.